The molecule has 0 aliphatic carbocycles. The molecule has 3 heteroatoms. The van der Waals surface area contributed by atoms with E-state index in [0.717, 1.165) is 0 Å². The Balaban J connectivity index is 3.32. The molecule has 0 amide bonds. The van der Waals surface area contributed by atoms with Crippen LogP contribution in [0.15, 0.2) is 12.1 Å². The van der Waals surface area contributed by atoms with Gasteiger partial charge in [0.15, 0.2) is 0 Å². The maximum Gasteiger partial charge on any atom is 0.135 e. The van der Waals surface area contributed by atoms with Crippen LogP contribution >= 0.6 is 0 Å². The predicted octanol–water partition coefficient (Wildman–Crippen LogP) is 3.48. The minimum absolute atomic E-state index is 0.0825. The monoisotopic (exact) mass is 197 g/mol. The molecule has 0 atom stereocenters. The van der Waals surface area contributed by atoms with Crippen LogP contribution in [-0.4, -0.2) is 5.71 Å². The van der Waals surface area contributed by atoms with Crippen molar-refractivity contribution in [2.75, 3.05) is 0 Å². The molecule has 0 fully saturated rings. The molecule has 0 radical (unpaired) electrons. The van der Waals surface area contributed by atoms with Crippen LogP contribution in [0.25, 0.3) is 0 Å². The molecule has 0 aromatic heterocycles. The van der Waals surface area contributed by atoms with Crippen molar-refractivity contribution in [3.8, 4) is 0 Å². The quantitative estimate of drug-likeness (QED) is 0.702. The van der Waals surface area contributed by atoms with Gasteiger partial charge in [-0.05, 0) is 30.5 Å². The third-order valence-corrected chi connectivity index (χ3v) is 2.11. The summed E-state index contributed by atoms with van der Waals surface area (Å²) in [6.07, 6.45) is 0. The van der Waals surface area contributed by atoms with Crippen molar-refractivity contribution >= 4 is 5.71 Å². The van der Waals surface area contributed by atoms with E-state index in [1.165, 1.54) is 19.1 Å². The van der Waals surface area contributed by atoms with Crippen molar-refractivity contribution in [1.82, 2.24) is 0 Å². The average molecular weight is 197 g/mol. The zero-order valence-electron chi connectivity index (χ0n) is 8.49. The summed E-state index contributed by atoms with van der Waals surface area (Å²) in [5.74, 6) is -1.22. The molecule has 0 saturated heterocycles. The van der Waals surface area contributed by atoms with Gasteiger partial charge in [0.1, 0.15) is 11.6 Å². The van der Waals surface area contributed by atoms with E-state index in [9.17, 15) is 8.78 Å². The molecule has 1 nitrogen and oxygen atoms in total. The molecular formula is C11H13F2N. The topological polar surface area (TPSA) is 23.9 Å². The first-order valence-corrected chi connectivity index (χ1v) is 4.48. The van der Waals surface area contributed by atoms with E-state index in [0.29, 0.717) is 5.56 Å². The van der Waals surface area contributed by atoms with Crippen LogP contribution in [-0.2, 0) is 0 Å². The van der Waals surface area contributed by atoms with Gasteiger partial charge in [-0.3, -0.25) is 0 Å². The average Bonchev–Trinajstić information content (AvgIpc) is 2.01. The summed E-state index contributed by atoms with van der Waals surface area (Å²) in [4.78, 5) is 0. The summed E-state index contributed by atoms with van der Waals surface area (Å²) >= 11 is 0. The Hall–Kier alpha value is -1.25. The van der Waals surface area contributed by atoms with Crippen molar-refractivity contribution in [3.05, 3.63) is 34.9 Å². The molecule has 1 aromatic carbocycles. The zero-order chi connectivity index (χ0) is 10.9. The number of hydrogen-bond donors (Lipinski definition) is 1. The van der Waals surface area contributed by atoms with Gasteiger partial charge in [-0.1, -0.05) is 13.8 Å². The number of rotatable bonds is 2. The lowest BCUT2D eigenvalue weighted by Crippen LogP contribution is -2.04. The molecular weight excluding hydrogens is 184 g/mol. The van der Waals surface area contributed by atoms with Crippen molar-refractivity contribution in [2.45, 2.75) is 26.7 Å². The summed E-state index contributed by atoms with van der Waals surface area (Å²) < 4.78 is 26.7. The Bertz CT molecular complexity index is 347. The van der Waals surface area contributed by atoms with E-state index in [4.69, 9.17) is 5.41 Å². The van der Waals surface area contributed by atoms with E-state index in [1.54, 1.807) is 0 Å². The summed E-state index contributed by atoms with van der Waals surface area (Å²) in [5.41, 5.74) is 0.301. The van der Waals surface area contributed by atoms with Crippen LogP contribution in [0.5, 0.6) is 0 Å². The van der Waals surface area contributed by atoms with E-state index < -0.39 is 11.6 Å². The molecule has 0 saturated carbocycles. The molecule has 0 aliphatic rings. The van der Waals surface area contributed by atoms with Crippen LogP contribution in [0.3, 0.4) is 0 Å². The third-order valence-electron chi connectivity index (χ3n) is 2.11. The highest BCUT2D eigenvalue weighted by Crippen LogP contribution is 2.21. The SMILES string of the molecule is CC(=N)c1c(F)cc(C(C)C)cc1F. The number of benzene rings is 1. The Morgan fingerprint density at radius 1 is 1.21 bits per heavy atom. The van der Waals surface area contributed by atoms with Crippen molar-refractivity contribution in [2.24, 2.45) is 0 Å². The molecule has 0 heterocycles. The second-order valence-electron chi connectivity index (χ2n) is 3.64. The van der Waals surface area contributed by atoms with Crippen LogP contribution < -0.4 is 0 Å². The van der Waals surface area contributed by atoms with Gasteiger partial charge < -0.3 is 5.41 Å². The Morgan fingerprint density at radius 3 is 1.93 bits per heavy atom. The van der Waals surface area contributed by atoms with Gasteiger partial charge >= 0.3 is 0 Å². The van der Waals surface area contributed by atoms with Gasteiger partial charge in [0, 0.05) is 5.71 Å². The van der Waals surface area contributed by atoms with Crippen molar-refractivity contribution in [1.29, 1.82) is 5.41 Å². The molecule has 0 spiro atoms. The first-order valence-electron chi connectivity index (χ1n) is 4.48. The van der Waals surface area contributed by atoms with Gasteiger partial charge in [-0.2, -0.15) is 0 Å². The van der Waals surface area contributed by atoms with E-state index in [1.807, 2.05) is 13.8 Å². The lowest BCUT2D eigenvalue weighted by molar-refractivity contribution is 0.572. The summed E-state index contributed by atoms with van der Waals surface area (Å²) in [6, 6.07) is 2.59. The van der Waals surface area contributed by atoms with Crippen molar-refractivity contribution in [3.63, 3.8) is 0 Å². The summed E-state index contributed by atoms with van der Waals surface area (Å²) in [5, 5.41) is 7.21. The maximum absolute atomic E-state index is 13.3. The zero-order valence-corrected chi connectivity index (χ0v) is 8.49. The van der Waals surface area contributed by atoms with Gasteiger partial charge in [-0.15, -0.1) is 0 Å². The Morgan fingerprint density at radius 2 is 1.64 bits per heavy atom. The lowest BCUT2D eigenvalue weighted by atomic mass is 9.99. The number of hydrogen-bond acceptors (Lipinski definition) is 1. The fourth-order valence-corrected chi connectivity index (χ4v) is 1.28. The van der Waals surface area contributed by atoms with Crippen LogP contribution in [0.2, 0.25) is 0 Å². The molecule has 1 N–H and O–H groups in total. The first kappa shape index (κ1) is 10.8. The summed E-state index contributed by atoms with van der Waals surface area (Å²) in [7, 11) is 0. The molecule has 1 aromatic rings. The van der Waals surface area contributed by atoms with E-state index >= 15 is 0 Å². The number of halogens is 2. The van der Waals surface area contributed by atoms with Gasteiger partial charge in [0.05, 0.1) is 5.56 Å². The molecule has 1 rings (SSSR count). The van der Waals surface area contributed by atoms with Crippen LogP contribution in [0.1, 0.15) is 37.8 Å². The van der Waals surface area contributed by atoms with Gasteiger partial charge in [0.2, 0.25) is 0 Å². The molecule has 76 valence electrons. The third kappa shape index (κ3) is 1.97. The second kappa shape index (κ2) is 3.86. The largest absolute Gasteiger partial charge is 0.305 e. The molecule has 14 heavy (non-hydrogen) atoms. The molecule has 0 unspecified atom stereocenters. The second-order valence-corrected chi connectivity index (χ2v) is 3.64. The minimum atomic E-state index is -0.652. The van der Waals surface area contributed by atoms with Crippen LogP contribution in [0, 0.1) is 17.0 Å². The highest BCUT2D eigenvalue weighted by Gasteiger charge is 2.13. The van der Waals surface area contributed by atoms with Gasteiger partial charge in [-0.25, -0.2) is 8.78 Å². The minimum Gasteiger partial charge on any atom is -0.305 e. The number of nitrogens with one attached hydrogen (secondary N) is 1. The Kier molecular flexibility index (Phi) is 2.99. The fraction of sp³-hybridized carbons (Fsp3) is 0.364. The Labute approximate surface area is 82.3 Å². The highest BCUT2D eigenvalue weighted by atomic mass is 19.1. The molecule has 0 bridgehead atoms. The first-order chi connectivity index (χ1) is 6.43. The highest BCUT2D eigenvalue weighted by molar-refractivity contribution is 5.96. The lowest BCUT2D eigenvalue weighted by Gasteiger charge is -2.09. The normalized spacial score (nSPS) is 10.7. The van der Waals surface area contributed by atoms with E-state index in [-0.39, 0.29) is 17.2 Å². The maximum atomic E-state index is 13.3. The molecule has 0 aliphatic heterocycles. The van der Waals surface area contributed by atoms with Gasteiger partial charge in [0.25, 0.3) is 0 Å². The van der Waals surface area contributed by atoms with E-state index in [2.05, 4.69) is 0 Å². The van der Waals surface area contributed by atoms with Crippen molar-refractivity contribution < 1.29 is 8.78 Å². The predicted molar refractivity (Wildman–Crippen MR) is 52.9 cm³/mol. The standard InChI is InChI=1S/C11H13F2N/c1-6(2)8-4-9(12)11(7(3)14)10(13)5-8/h4-6,14H,1-3H3. The van der Waals surface area contributed by atoms with Crippen LogP contribution in [0.4, 0.5) is 8.78 Å². The smallest absolute Gasteiger partial charge is 0.135 e. The fourth-order valence-electron chi connectivity index (χ4n) is 1.28. The summed E-state index contributed by atoms with van der Waals surface area (Å²) in [6.45, 7) is 5.10.